The monoisotopic (exact) mass is 325 g/mol. The SMILES string of the molecule is CC.CCCC(C#Cc1cc(-c2ccccc2O)nnc1N)CC. The Kier molecular flexibility index (Phi) is 8.35. The van der Waals surface area contributed by atoms with E-state index in [2.05, 4.69) is 35.9 Å². The largest absolute Gasteiger partial charge is 0.507 e. The van der Waals surface area contributed by atoms with Gasteiger partial charge in [0.2, 0.25) is 0 Å². The van der Waals surface area contributed by atoms with Crippen LogP contribution in [0, 0.1) is 17.8 Å². The third-order valence-electron chi connectivity index (χ3n) is 3.54. The Balaban J connectivity index is 0.00000139. The Labute approximate surface area is 145 Å². The average molecular weight is 325 g/mol. The Bertz CT molecular complexity index is 702. The van der Waals surface area contributed by atoms with Gasteiger partial charge in [0.15, 0.2) is 5.82 Å². The van der Waals surface area contributed by atoms with Crippen molar-refractivity contribution in [2.24, 2.45) is 5.92 Å². The van der Waals surface area contributed by atoms with Gasteiger partial charge in [-0.3, -0.25) is 0 Å². The van der Waals surface area contributed by atoms with Crippen molar-refractivity contribution in [3.8, 4) is 28.8 Å². The van der Waals surface area contributed by atoms with Gasteiger partial charge >= 0.3 is 0 Å². The first kappa shape index (κ1) is 19.5. The van der Waals surface area contributed by atoms with Gasteiger partial charge in [-0.1, -0.05) is 58.1 Å². The summed E-state index contributed by atoms with van der Waals surface area (Å²) in [5.41, 5.74) is 7.72. The smallest absolute Gasteiger partial charge is 0.161 e. The summed E-state index contributed by atoms with van der Waals surface area (Å²) < 4.78 is 0. The van der Waals surface area contributed by atoms with E-state index in [4.69, 9.17) is 5.73 Å². The molecule has 4 nitrogen and oxygen atoms in total. The molecule has 0 spiro atoms. The molecular formula is C20H27N3O. The molecule has 1 aromatic carbocycles. The number of hydrogen-bond acceptors (Lipinski definition) is 4. The van der Waals surface area contributed by atoms with E-state index in [1.165, 1.54) is 0 Å². The number of phenols is 1. The molecule has 0 aliphatic rings. The third kappa shape index (κ3) is 5.27. The molecule has 3 N–H and O–H groups in total. The lowest BCUT2D eigenvalue weighted by Gasteiger charge is -2.06. The maximum absolute atomic E-state index is 9.92. The Morgan fingerprint density at radius 2 is 1.88 bits per heavy atom. The van der Waals surface area contributed by atoms with Gasteiger partial charge in [0.25, 0.3) is 0 Å². The molecule has 0 fully saturated rings. The maximum Gasteiger partial charge on any atom is 0.161 e. The van der Waals surface area contributed by atoms with Crippen LogP contribution in [0.5, 0.6) is 5.75 Å². The topological polar surface area (TPSA) is 72.0 Å². The zero-order valence-corrected chi connectivity index (χ0v) is 15.0. The van der Waals surface area contributed by atoms with E-state index in [9.17, 15) is 5.11 Å². The molecule has 0 aliphatic heterocycles. The summed E-state index contributed by atoms with van der Waals surface area (Å²) in [6.45, 7) is 8.29. The highest BCUT2D eigenvalue weighted by Gasteiger charge is 2.08. The quantitative estimate of drug-likeness (QED) is 0.804. The van der Waals surface area contributed by atoms with Crippen molar-refractivity contribution in [3.63, 3.8) is 0 Å². The van der Waals surface area contributed by atoms with Gasteiger partial charge in [0, 0.05) is 11.5 Å². The second-order valence-corrected chi connectivity index (χ2v) is 5.21. The normalized spacial score (nSPS) is 10.8. The molecule has 1 aromatic heterocycles. The number of para-hydroxylation sites is 1. The molecule has 1 atom stereocenters. The minimum atomic E-state index is 0.165. The first-order chi connectivity index (χ1) is 11.7. The average Bonchev–Trinajstić information content (AvgIpc) is 2.62. The van der Waals surface area contributed by atoms with Crippen LogP contribution in [-0.4, -0.2) is 15.3 Å². The summed E-state index contributed by atoms with van der Waals surface area (Å²) in [4.78, 5) is 0. The van der Waals surface area contributed by atoms with Crippen LogP contribution in [-0.2, 0) is 0 Å². The van der Waals surface area contributed by atoms with Gasteiger partial charge in [-0.2, -0.15) is 0 Å². The lowest BCUT2D eigenvalue weighted by molar-refractivity contribution is 0.477. The lowest BCUT2D eigenvalue weighted by atomic mass is 10.0. The fraction of sp³-hybridized carbons (Fsp3) is 0.400. The molecule has 24 heavy (non-hydrogen) atoms. The predicted octanol–water partition coefficient (Wildman–Crippen LogP) is 4.64. The highest BCUT2D eigenvalue weighted by Crippen LogP contribution is 2.27. The first-order valence-electron chi connectivity index (χ1n) is 8.58. The third-order valence-corrected chi connectivity index (χ3v) is 3.54. The van der Waals surface area contributed by atoms with Crippen molar-refractivity contribution in [2.75, 3.05) is 5.73 Å². The molecule has 128 valence electrons. The van der Waals surface area contributed by atoms with Crippen molar-refractivity contribution in [1.82, 2.24) is 10.2 Å². The summed E-state index contributed by atoms with van der Waals surface area (Å²) in [5.74, 6) is 7.23. The molecule has 0 saturated heterocycles. The van der Waals surface area contributed by atoms with Crippen LogP contribution in [0.2, 0.25) is 0 Å². The Morgan fingerprint density at radius 1 is 1.17 bits per heavy atom. The van der Waals surface area contributed by atoms with Crippen LogP contribution in [0.15, 0.2) is 30.3 Å². The highest BCUT2D eigenvalue weighted by atomic mass is 16.3. The molecule has 2 aromatic rings. The van der Waals surface area contributed by atoms with Crippen molar-refractivity contribution >= 4 is 5.82 Å². The fourth-order valence-corrected chi connectivity index (χ4v) is 2.23. The molecule has 4 heteroatoms. The van der Waals surface area contributed by atoms with Gasteiger partial charge < -0.3 is 10.8 Å². The first-order valence-corrected chi connectivity index (χ1v) is 8.58. The number of nitrogens with two attached hydrogens (primary N) is 1. The number of aromatic hydroxyl groups is 1. The number of aromatic nitrogens is 2. The van der Waals surface area contributed by atoms with Crippen molar-refractivity contribution in [1.29, 1.82) is 0 Å². The molecular weight excluding hydrogens is 298 g/mol. The number of anilines is 1. The summed E-state index contributed by atoms with van der Waals surface area (Å²) in [6, 6.07) is 8.79. The minimum Gasteiger partial charge on any atom is -0.507 e. The van der Waals surface area contributed by atoms with Crippen LogP contribution in [0.3, 0.4) is 0 Å². The zero-order valence-electron chi connectivity index (χ0n) is 15.0. The molecule has 1 unspecified atom stereocenters. The second-order valence-electron chi connectivity index (χ2n) is 5.21. The minimum absolute atomic E-state index is 0.165. The van der Waals surface area contributed by atoms with Crippen LogP contribution < -0.4 is 5.73 Å². The van der Waals surface area contributed by atoms with E-state index in [0.29, 0.717) is 28.6 Å². The van der Waals surface area contributed by atoms with E-state index >= 15 is 0 Å². The van der Waals surface area contributed by atoms with Crippen LogP contribution in [0.25, 0.3) is 11.3 Å². The van der Waals surface area contributed by atoms with Crippen LogP contribution in [0.4, 0.5) is 5.82 Å². The number of nitrogen functional groups attached to an aromatic ring is 1. The molecule has 1 heterocycles. The summed E-state index contributed by atoms with van der Waals surface area (Å²) >= 11 is 0. The van der Waals surface area contributed by atoms with Gasteiger partial charge in [-0.15, -0.1) is 10.2 Å². The number of benzene rings is 1. The van der Waals surface area contributed by atoms with Crippen LogP contribution in [0.1, 0.15) is 52.5 Å². The summed E-state index contributed by atoms with van der Waals surface area (Å²) in [7, 11) is 0. The van der Waals surface area contributed by atoms with Gasteiger partial charge in [0.05, 0.1) is 11.3 Å². The van der Waals surface area contributed by atoms with Gasteiger partial charge in [-0.25, -0.2) is 0 Å². The maximum atomic E-state index is 9.92. The molecule has 0 aliphatic carbocycles. The molecule has 2 rings (SSSR count). The van der Waals surface area contributed by atoms with E-state index in [0.717, 1.165) is 19.3 Å². The Morgan fingerprint density at radius 3 is 2.50 bits per heavy atom. The number of rotatable bonds is 4. The van der Waals surface area contributed by atoms with E-state index in [1.807, 2.05) is 19.9 Å². The van der Waals surface area contributed by atoms with Crippen molar-refractivity contribution in [2.45, 2.75) is 47.0 Å². The van der Waals surface area contributed by atoms with Gasteiger partial charge in [-0.05, 0) is 31.0 Å². The molecule has 0 saturated carbocycles. The van der Waals surface area contributed by atoms with Crippen LogP contribution >= 0.6 is 0 Å². The van der Waals surface area contributed by atoms with E-state index in [1.54, 1.807) is 24.3 Å². The summed E-state index contributed by atoms with van der Waals surface area (Å²) in [5, 5.41) is 17.9. The standard InChI is InChI=1S/C18H21N3O.C2H6/c1-3-7-13(4-2)10-11-14-12-16(20-21-18(14)19)15-8-5-6-9-17(15)22;1-2/h5-6,8-9,12-13,22H,3-4,7H2,1-2H3,(H2,19,21);1-2H3. The molecule has 0 bridgehead atoms. The number of nitrogens with zero attached hydrogens (tertiary/aromatic N) is 2. The number of hydrogen-bond donors (Lipinski definition) is 2. The number of phenolic OH excluding ortho intramolecular Hbond substituents is 1. The molecule has 0 amide bonds. The van der Waals surface area contributed by atoms with E-state index in [-0.39, 0.29) is 5.75 Å². The predicted molar refractivity (Wildman–Crippen MR) is 100 cm³/mol. The van der Waals surface area contributed by atoms with Crippen molar-refractivity contribution in [3.05, 3.63) is 35.9 Å². The van der Waals surface area contributed by atoms with E-state index < -0.39 is 0 Å². The molecule has 0 radical (unpaired) electrons. The van der Waals surface area contributed by atoms with Crippen molar-refractivity contribution < 1.29 is 5.11 Å². The Hall–Kier alpha value is -2.54. The second kappa shape index (κ2) is 10.3. The summed E-state index contributed by atoms with van der Waals surface area (Å²) in [6.07, 6.45) is 3.21. The highest BCUT2D eigenvalue weighted by molar-refractivity contribution is 5.69. The van der Waals surface area contributed by atoms with Gasteiger partial charge in [0.1, 0.15) is 5.75 Å². The lowest BCUT2D eigenvalue weighted by Crippen LogP contribution is -2.00. The fourth-order valence-electron chi connectivity index (χ4n) is 2.23. The zero-order chi connectivity index (χ0) is 17.9.